The second-order valence-corrected chi connectivity index (χ2v) is 5.15. The maximum Gasteiger partial charge on any atom is 0.323 e. The molecule has 7 nitrogen and oxygen atoms in total. The van der Waals surface area contributed by atoms with Gasteiger partial charge in [-0.05, 0) is 18.2 Å². The lowest BCUT2D eigenvalue weighted by Gasteiger charge is -2.18. The summed E-state index contributed by atoms with van der Waals surface area (Å²) in [7, 11) is 0. The van der Waals surface area contributed by atoms with Gasteiger partial charge in [0.05, 0.1) is 32.7 Å². The Bertz CT molecular complexity index is 923. The van der Waals surface area contributed by atoms with E-state index >= 15 is 0 Å². The topological polar surface area (TPSA) is 110 Å². The van der Waals surface area contributed by atoms with Gasteiger partial charge >= 0.3 is 5.69 Å². The molecule has 1 aromatic carbocycles. The van der Waals surface area contributed by atoms with Crippen LogP contribution in [0.15, 0.2) is 34.2 Å². The van der Waals surface area contributed by atoms with Gasteiger partial charge in [-0.1, -0.05) is 11.6 Å². The van der Waals surface area contributed by atoms with Crippen LogP contribution in [0.3, 0.4) is 0 Å². The van der Waals surface area contributed by atoms with E-state index in [0.29, 0.717) is 33.0 Å². The smallest absolute Gasteiger partial charge is 0.323 e. The molecule has 0 saturated carbocycles. The van der Waals surface area contributed by atoms with Crippen molar-refractivity contribution < 1.29 is 5.11 Å². The van der Waals surface area contributed by atoms with E-state index in [1.54, 1.807) is 24.4 Å². The second-order valence-electron chi connectivity index (χ2n) is 4.74. The minimum atomic E-state index is -0.923. The van der Waals surface area contributed by atoms with Crippen LogP contribution < -0.4 is 11.0 Å². The maximum atomic E-state index is 11.3. The first-order valence-electron chi connectivity index (χ1n) is 6.24. The third-order valence-corrected chi connectivity index (χ3v) is 3.72. The highest BCUT2D eigenvalue weighted by atomic mass is 35.5. The zero-order valence-corrected chi connectivity index (χ0v) is 11.3. The Hall–Kier alpha value is -2.51. The normalized spacial score (nSPS) is 18.7. The predicted molar refractivity (Wildman–Crippen MR) is 79.6 cm³/mol. The number of aromatic nitrogens is 4. The van der Waals surface area contributed by atoms with Gasteiger partial charge in [0.1, 0.15) is 5.82 Å². The minimum Gasteiger partial charge on any atom is -0.369 e. The molecule has 0 saturated heterocycles. The zero-order chi connectivity index (χ0) is 14.6. The molecular weight excluding hydrogens is 294 g/mol. The molecule has 3 aromatic rings. The first-order valence-corrected chi connectivity index (χ1v) is 6.62. The van der Waals surface area contributed by atoms with Crippen molar-refractivity contribution in [2.24, 2.45) is 0 Å². The van der Waals surface area contributed by atoms with E-state index in [2.05, 4.69) is 25.3 Å². The molecule has 21 heavy (non-hydrogen) atoms. The van der Waals surface area contributed by atoms with Crippen molar-refractivity contribution in [3.63, 3.8) is 0 Å². The van der Waals surface area contributed by atoms with Crippen LogP contribution in [0.1, 0.15) is 5.82 Å². The molecule has 2 aromatic heterocycles. The van der Waals surface area contributed by atoms with Crippen LogP contribution in [0.4, 0.5) is 0 Å². The van der Waals surface area contributed by atoms with E-state index in [4.69, 9.17) is 11.6 Å². The van der Waals surface area contributed by atoms with E-state index in [9.17, 15) is 9.90 Å². The van der Waals surface area contributed by atoms with Crippen molar-refractivity contribution in [3.8, 4) is 0 Å². The molecule has 1 unspecified atom stereocenters. The van der Waals surface area contributed by atoms with Crippen LogP contribution in [-0.2, 0) is 0 Å². The van der Waals surface area contributed by atoms with Gasteiger partial charge in [0, 0.05) is 6.20 Å². The van der Waals surface area contributed by atoms with E-state index in [1.165, 1.54) is 0 Å². The van der Waals surface area contributed by atoms with Crippen molar-refractivity contribution in [1.82, 2.24) is 25.3 Å². The Labute approximate surface area is 122 Å². The van der Waals surface area contributed by atoms with Gasteiger partial charge in [-0.25, -0.2) is 9.78 Å². The predicted octanol–water partition coefficient (Wildman–Crippen LogP) is 1.12. The Morgan fingerprint density at radius 3 is 2.67 bits per heavy atom. The SMILES string of the molecule is O=c1[nH]c2cc3nc(C4=C(Cl)C=CNC4O)[nH]c3cc2[nH]1. The highest BCUT2D eigenvalue weighted by Gasteiger charge is 2.21. The maximum absolute atomic E-state index is 11.3. The molecule has 1 aliphatic heterocycles. The van der Waals surface area contributed by atoms with Gasteiger partial charge in [0.2, 0.25) is 0 Å². The van der Waals surface area contributed by atoms with E-state index in [1.807, 2.05) is 0 Å². The van der Waals surface area contributed by atoms with Crippen LogP contribution in [0.2, 0.25) is 0 Å². The number of aromatic amines is 3. The number of hydrogen-bond donors (Lipinski definition) is 5. The summed E-state index contributed by atoms with van der Waals surface area (Å²) in [6, 6.07) is 3.54. The third-order valence-electron chi connectivity index (χ3n) is 3.39. The quantitative estimate of drug-likeness (QED) is 0.464. The number of benzene rings is 1. The van der Waals surface area contributed by atoms with Crippen molar-refractivity contribution in [2.75, 3.05) is 0 Å². The monoisotopic (exact) mass is 303 g/mol. The molecule has 106 valence electrons. The molecule has 4 rings (SSSR count). The summed E-state index contributed by atoms with van der Waals surface area (Å²) in [4.78, 5) is 24.2. The highest BCUT2D eigenvalue weighted by Crippen LogP contribution is 2.28. The lowest BCUT2D eigenvalue weighted by molar-refractivity contribution is 0.209. The Morgan fingerprint density at radius 1 is 1.14 bits per heavy atom. The number of imidazole rings is 2. The average Bonchev–Trinajstić information content (AvgIpc) is 2.96. The van der Waals surface area contributed by atoms with Gasteiger partial charge in [-0.3, -0.25) is 0 Å². The number of aliphatic hydroxyl groups excluding tert-OH is 1. The van der Waals surface area contributed by atoms with Crippen LogP contribution in [-0.4, -0.2) is 31.3 Å². The van der Waals surface area contributed by atoms with Gasteiger partial charge in [0.15, 0.2) is 6.23 Å². The Balaban J connectivity index is 1.95. The summed E-state index contributed by atoms with van der Waals surface area (Å²) < 4.78 is 0. The molecule has 0 radical (unpaired) electrons. The largest absolute Gasteiger partial charge is 0.369 e. The standard InChI is InChI=1S/C13H10ClN5O2/c14-5-1-2-15-12(20)10(5)11-16-6-3-8-9(4-7(6)17-11)19-13(21)18-8/h1-4,12,15,20H,(H,16,17)(H2,18,19,21). The Morgan fingerprint density at radius 2 is 1.90 bits per heavy atom. The summed E-state index contributed by atoms with van der Waals surface area (Å²) in [5.41, 5.74) is 2.99. The van der Waals surface area contributed by atoms with E-state index in [-0.39, 0.29) is 5.69 Å². The minimum absolute atomic E-state index is 0.263. The summed E-state index contributed by atoms with van der Waals surface area (Å²) in [5, 5.41) is 13.2. The van der Waals surface area contributed by atoms with Crippen molar-refractivity contribution in [3.05, 3.63) is 45.7 Å². The second kappa shape index (κ2) is 4.24. The molecule has 0 amide bonds. The lowest BCUT2D eigenvalue weighted by atomic mass is 10.1. The molecule has 0 bridgehead atoms. The average molecular weight is 304 g/mol. The molecule has 0 aliphatic carbocycles. The van der Waals surface area contributed by atoms with Crippen LogP contribution in [0.25, 0.3) is 27.6 Å². The molecule has 0 fully saturated rings. The first-order chi connectivity index (χ1) is 10.1. The number of rotatable bonds is 1. The van der Waals surface area contributed by atoms with Crippen molar-refractivity contribution in [1.29, 1.82) is 0 Å². The molecule has 1 atom stereocenters. The third kappa shape index (κ3) is 1.86. The van der Waals surface area contributed by atoms with Gasteiger partial charge in [-0.15, -0.1) is 0 Å². The molecular formula is C13H10ClN5O2. The van der Waals surface area contributed by atoms with Crippen LogP contribution >= 0.6 is 11.6 Å². The number of aliphatic hydroxyl groups is 1. The molecule has 3 heterocycles. The number of H-pyrrole nitrogens is 3. The molecule has 8 heteroatoms. The van der Waals surface area contributed by atoms with E-state index in [0.717, 1.165) is 5.52 Å². The number of nitrogens with one attached hydrogen (secondary N) is 4. The van der Waals surface area contributed by atoms with Crippen molar-refractivity contribution in [2.45, 2.75) is 6.23 Å². The zero-order valence-electron chi connectivity index (χ0n) is 10.6. The number of fused-ring (bicyclic) bond motifs is 2. The summed E-state index contributed by atoms with van der Waals surface area (Å²) in [6.07, 6.45) is 2.30. The number of hydrogen-bond acceptors (Lipinski definition) is 4. The van der Waals surface area contributed by atoms with Gasteiger partial charge in [0.25, 0.3) is 0 Å². The Kier molecular flexibility index (Phi) is 2.47. The van der Waals surface area contributed by atoms with Gasteiger partial charge < -0.3 is 25.4 Å². The number of halogens is 1. The summed E-state index contributed by atoms with van der Waals surface area (Å²) in [5.74, 6) is 0.481. The summed E-state index contributed by atoms with van der Waals surface area (Å²) >= 11 is 6.12. The fourth-order valence-electron chi connectivity index (χ4n) is 2.43. The molecule has 1 aliphatic rings. The lowest BCUT2D eigenvalue weighted by Crippen LogP contribution is -2.28. The van der Waals surface area contributed by atoms with E-state index < -0.39 is 6.23 Å². The first kappa shape index (κ1) is 12.2. The van der Waals surface area contributed by atoms with Crippen LogP contribution in [0.5, 0.6) is 0 Å². The van der Waals surface area contributed by atoms with Crippen LogP contribution in [0, 0.1) is 0 Å². The van der Waals surface area contributed by atoms with Gasteiger partial charge in [-0.2, -0.15) is 0 Å². The summed E-state index contributed by atoms with van der Waals surface area (Å²) in [6.45, 7) is 0. The molecule has 5 N–H and O–H groups in total. The van der Waals surface area contributed by atoms with Crippen molar-refractivity contribution >= 4 is 39.2 Å². The fourth-order valence-corrected chi connectivity index (χ4v) is 2.68. The highest BCUT2D eigenvalue weighted by molar-refractivity contribution is 6.34. The number of dihydropyridines is 1. The fraction of sp³-hybridized carbons (Fsp3) is 0.0769. The number of nitrogens with zero attached hydrogens (tertiary/aromatic N) is 1. The molecule has 0 spiro atoms. The number of allylic oxidation sites excluding steroid dienone is 2.